The second-order valence-corrected chi connectivity index (χ2v) is 12.6. The third-order valence-corrected chi connectivity index (χ3v) is 7.43. The maximum Gasteiger partial charge on any atom is 0.415 e. The zero-order valence-electron chi connectivity index (χ0n) is 21.7. The second-order valence-electron chi connectivity index (χ2n) is 10.5. The molecule has 35 heavy (non-hydrogen) atoms. The smallest absolute Gasteiger partial charge is 0.415 e. The number of hydrogen-bond acceptors (Lipinski definition) is 5. The summed E-state index contributed by atoms with van der Waals surface area (Å²) in [4.78, 5) is 28.6. The number of rotatable bonds is 6. The number of aryl methyl sites for hydroxylation is 1. The van der Waals surface area contributed by atoms with Crippen LogP contribution in [-0.4, -0.2) is 39.9 Å². The topological polar surface area (TPSA) is 55.8 Å². The number of carbonyl (C=O) groups excluding carboxylic acids is 2. The van der Waals surface area contributed by atoms with Gasteiger partial charge in [0.25, 0.3) is 0 Å². The minimum absolute atomic E-state index is 0.0145. The van der Waals surface area contributed by atoms with E-state index in [9.17, 15) is 9.59 Å². The Hall–Kier alpha value is -2.18. The molecule has 0 aliphatic heterocycles. The Balaban J connectivity index is 1.78. The van der Waals surface area contributed by atoms with Crippen LogP contribution in [0.3, 0.4) is 0 Å². The molecule has 1 atom stereocenters. The van der Waals surface area contributed by atoms with Crippen molar-refractivity contribution >= 4 is 35.4 Å². The summed E-state index contributed by atoms with van der Waals surface area (Å²) in [5.74, 6) is 0.287. The van der Waals surface area contributed by atoms with Crippen LogP contribution in [0.25, 0.3) is 0 Å². The molecule has 2 aromatic carbocycles. The zero-order valence-corrected chi connectivity index (χ0v) is 23.3. The lowest BCUT2D eigenvalue weighted by molar-refractivity contribution is -0.156. The Morgan fingerprint density at radius 3 is 2.37 bits per heavy atom. The zero-order chi connectivity index (χ0) is 26.0. The van der Waals surface area contributed by atoms with Crippen molar-refractivity contribution in [2.75, 3.05) is 6.54 Å². The van der Waals surface area contributed by atoms with Gasteiger partial charge in [0, 0.05) is 22.5 Å². The van der Waals surface area contributed by atoms with Crippen LogP contribution in [0.1, 0.15) is 64.7 Å². The third kappa shape index (κ3) is 7.17. The number of nitrogens with zero attached hydrogens (tertiary/aromatic N) is 1. The fourth-order valence-electron chi connectivity index (χ4n) is 4.18. The lowest BCUT2D eigenvalue weighted by Crippen LogP contribution is -2.44. The largest absolute Gasteiger partial charge is 0.459 e. The Bertz CT molecular complexity index is 1080. The Labute approximate surface area is 218 Å². The van der Waals surface area contributed by atoms with Crippen molar-refractivity contribution in [2.45, 2.75) is 89.0 Å². The molecule has 1 unspecified atom stereocenters. The summed E-state index contributed by atoms with van der Waals surface area (Å²) in [7, 11) is 0. The second kappa shape index (κ2) is 10.8. The summed E-state index contributed by atoms with van der Waals surface area (Å²) >= 11 is 7.99. The molecule has 0 bridgehead atoms. The molecule has 1 aliphatic carbocycles. The number of benzene rings is 2. The molecule has 0 heterocycles. The van der Waals surface area contributed by atoms with Crippen LogP contribution in [0.15, 0.2) is 41.3 Å². The summed E-state index contributed by atoms with van der Waals surface area (Å²) in [6.07, 6.45) is 1.95. The van der Waals surface area contributed by atoms with E-state index in [-0.39, 0.29) is 18.1 Å². The third-order valence-electron chi connectivity index (χ3n) is 5.95. The van der Waals surface area contributed by atoms with Crippen LogP contribution in [-0.2, 0) is 22.4 Å². The van der Waals surface area contributed by atoms with Gasteiger partial charge in [0.2, 0.25) is 0 Å². The first-order valence-corrected chi connectivity index (χ1v) is 13.3. The van der Waals surface area contributed by atoms with Crippen LogP contribution in [0, 0.1) is 6.92 Å². The van der Waals surface area contributed by atoms with Gasteiger partial charge in [0.05, 0.1) is 0 Å². The number of likely N-dealkylation sites (N-methyl/N-ethyl adjacent to an activating group) is 1. The molecule has 0 N–H and O–H groups in total. The molecule has 190 valence electrons. The molecule has 0 saturated carbocycles. The molecule has 0 radical (unpaired) electrons. The molecule has 0 saturated heterocycles. The predicted octanol–water partition coefficient (Wildman–Crippen LogP) is 7.24. The van der Waals surface area contributed by atoms with Gasteiger partial charge in [-0.15, -0.1) is 11.8 Å². The first-order chi connectivity index (χ1) is 16.3. The molecule has 1 aliphatic rings. The highest BCUT2D eigenvalue weighted by Crippen LogP contribution is 2.41. The Kier molecular flexibility index (Phi) is 8.48. The molecule has 1 amide bonds. The SMILES string of the molecule is CCN(C(=O)Oc1ccc(C)cc1)C1CCc2c(cc(Cl)cc2SC(C)(C)C(=O)OC(C)(C)C)C1. The molecule has 5 nitrogen and oxygen atoms in total. The molecular formula is C28H36ClNO4S. The van der Waals surface area contributed by atoms with E-state index in [2.05, 4.69) is 0 Å². The van der Waals surface area contributed by atoms with Gasteiger partial charge in [-0.2, -0.15) is 0 Å². The number of halogens is 1. The minimum Gasteiger partial charge on any atom is -0.459 e. The first kappa shape index (κ1) is 27.4. The highest BCUT2D eigenvalue weighted by molar-refractivity contribution is 8.01. The number of fused-ring (bicyclic) bond motifs is 1. The van der Waals surface area contributed by atoms with Gasteiger partial charge in [-0.05, 0) is 103 Å². The van der Waals surface area contributed by atoms with Crippen LogP contribution in [0.4, 0.5) is 4.79 Å². The number of thioether (sulfide) groups is 1. The van der Waals surface area contributed by atoms with Gasteiger partial charge >= 0.3 is 12.1 Å². The summed E-state index contributed by atoms with van der Waals surface area (Å²) in [6, 6.07) is 11.4. The molecule has 3 rings (SSSR count). The fourth-order valence-corrected chi connectivity index (χ4v) is 5.70. The molecule has 7 heteroatoms. The van der Waals surface area contributed by atoms with E-state index in [0.717, 1.165) is 28.9 Å². The van der Waals surface area contributed by atoms with Gasteiger partial charge in [-0.3, -0.25) is 4.79 Å². The highest BCUT2D eigenvalue weighted by Gasteiger charge is 2.36. The fraction of sp³-hybridized carbons (Fsp3) is 0.500. The maximum absolute atomic E-state index is 13.0. The van der Waals surface area contributed by atoms with Crippen molar-refractivity contribution in [3.8, 4) is 5.75 Å². The molecule has 0 aromatic heterocycles. The van der Waals surface area contributed by atoms with E-state index >= 15 is 0 Å². The van der Waals surface area contributed by atoms with Crippen molar-refractivity contribution < 1.29 is 19.1 Å². The van der Waals surface area contributed by atoms with Gasteiger partial charge in [-0.1, -0.05) is 29.3 Å². The van der Waals surface area contributed by atoms with E-state index in [0.29, 0.717) is 23.7 Å². The lowest BCUT2D eigenvalue weighted by Gasteiger charge is -2.35. The van der Waals surface area contributed by atoms with Crippen molar-refractivity contribution in [2.24, 2.45) is 0 Å². The standard InChI is InChI=1S/C28H36ClNO4S/c1-8-30(26(32)33-22-12-9-18(2)10-13-22)21-11-14-23-19(16-21)15-20(29)17-24(23)35-28(6,7)25(31)34-27(3,4)5/h9-10,12-13,15,17,21H,8,11,14,16H2,1-7H3. The maximum atomic E-state index is 13.0. The van der Waals surface area contributed by atoms with Crippen LogP contribution in [0.5, 0.6) is 5.75 Å². The quantitative estimate of drug-likeness (QED) is 0.298. The van der Waals surface area contributed by atoms with Gasteiger partial charge in [0.1, 0.15) is 16.1 Å². The van der Waals surface area contributed by atoms with Crippen molar-refractivity contribution in [1.29, 1.82) is 0 Å². The molecule has 2 aromatic rings. The highest BCUT2D eigenvalue weighted by atomic mass is 35.5. The minimum atomic E-state index is -0.768. The van der Waals surface area contributed by atoms with Gasteiger partial charge < -0.3 is 14.4 Å². The normalized spacial score (nSPS) is 15.8. The summed E-state index contributed by atoms with van der Waals surface area (Å²) in [5, 5.41) is 0.622. The van der Waals surface area contributed by atoms with E-state index in [1.54, 1.807) is 4.90 Å². The average molecular weight is 518 g/mol. The van der Waals surface area contributed by atoms with Crippen molar-refractivity contribution in [1.82, 2.24) is 4.90 Å². The summed E-state index contributed by atoms with van der Waals surface area (Å²) in [6.45, 7) is 13.9. The molecule has 0 spiro atoms. The predicted molar refractivity (Wildman–Crippen MR) is 143 cm³/mol. The lowest BCUT2D eigenvalue weighted by atomic mass is 9.87. The number of hydrogen-bond donors (Lipinski definition) is 0. The number of amides is 1. The van der Waals surface area contributed by atoms with Crippen LogP contribution >= 0.6 is 23.4 Å². The van der Waals surface area contributed by atoms with Gasteiger partial charge in [0.15, 0.2) is 0 Å². The van der Waals surface area contributed by atoms with E-state index in [1.165, 1.54) is 17.3 Å². The van der Waals surface area contributed by atoms with Crippen LogP contribution in [0.2, 0.25) is 5.02 Å². The van der Waals surface area contributed by atoms with Gasteiger partial charge in [-0.25, -0.2) is 4.79 Å². The monoisotopic (exact) mass is 517 g/mol. The van der Waals surface area contributed by atoms with E-state index in [1.807, 2.05) is 84.9 Å². The van der Waals surface area contributed by atoms with E-state index in [4.69, 9.17) is 21.1 Å². The molecular weight excluding hydrogens is 482 g/mol. The summed E-state index contributed by atoms with van der Waals surface area (Å²) < 4.78 is 10.5. The average Bonchev–Trinajstić information content (AvgIpc) is 2.74. The van der Waals surface area contributed by atoms with E-state index < -0.39 is 10.3 Å². The summed E-state index contributed by atoms with van der Waals surface area (Å²) in [5.41, 5.74) is 2.86. The van der Waals surface area contributed by atoms with Crippen molar-refractivity contribution in [3.63, 3.8) is 0 Å². The Morgan fingerprint density at radius 2 is 1.77 bits per heavy atom. The number of carbonyl (C=O) groups is 2. The Morgan fingerprint density at radius 1 is 1.11 bits per heavy atom. The molecule has 0 fully saturated rings. The van der Waals surface area contributed by atoms with Crippen LogP contribution < -0.4 is 4.74 Å². The van der Waals surface area contributed by atoms with Crippen molar-refractivity contribution in [3.05, 3.63) is 58.1 Å². The number of esters is 1. The first-order valence-electron chi connectivity index (χ1n) is 12.1. The number of ether oxygens (including phenoxy) is 2.